The van der Waals surface area contributed by atoms with Crippen molar-refractivity contribution >= 4 is 12.0 Å². The van der Waals surface area contributed by atoms with Crippen molar-refractivity contribution in [2.75, 3.05) is 26.3 Å². The van der Waals surface area contributed by atoms with Gasteiger partial charge in [0.1, 0.15) is 0 Å². The van der Waals surface area contributed by atoms with Crippen LogP contribution in [0, 0.1) is 5.92 Å². The van der Waals surface area contributed by atoms with Gasteiger partial charge in [-0.2, -0.15) is 0 Å². The van der Waals surface area contributed by atoms with Gasteiger partial charge in [0.25, 0.3) is 0 Å². The number of hydrogen-bond acceptors (Lipinski definition) is 4. The maximum atomic E-state index is 11.4. The Bertz CT molecular complexity index is 313. The van der Waals surface area contributed by atoms with Crippen LogP contribution in [0.3, 0.4) is 0 Å². The summed E-state index contributed by atoms with van der Waals surface area (Å²) < 4.78 is 5.23. The molecule has 1 rings (SSSR count). The summed E-state index contributed by atoms with van der Waals surface area (Å²) in [6, 6.07) is -0.399. The molecule has 0 bridgehead atoms. The number of rotatable bonds is 7. The zero-order valence-corrected chi connectivity index (χ0v) is 11.1. The fourth-order valence-electron chi connectivity index (χ4n) is 1.92. The summed E-state index contributed by atoms with van der Waals surface area (Å²) >= 11 is 0. The molecule has 0 radical (unpaired) electrons. The van der Waals surface area contributed by atoms with Gasteiger partial charge in [-0.3, -0.25) is 4.79 Å². The summed E-state index contributed by atoms with van der Waals surface area (Å²) in [6.45, 7) is 3.35. The minimum absolute atomic E-state index is 0.0995. The Morgan fingerprint density at radius 3 is 2.74 bits per heavy atom. The molecule has 0 saturated carbocycles. The SMILES string of the molecule is CC(O)(CNC(=O)NCCC1CCOC1)CC(=O)O. The number of aliphatic hydroxyl groups is 1. The Hall–Kier alpha value is -1.34. The Labute approximate surface area is 112 Å². The molecule has 0 aromatic heterocycles. The fourth-order valence-corrected chi connectivity index (χ4v) is 1.92. The van der Waals surface area contributed by atoms with E-state index in [4.69, 9.17) is 9.84 Å². The average molecular weight is 274 g/mol. The lowest BCUT2D eigenvalue weighted by Gasteiger charge is -2.21. The fraction of sp³-hybridized carbons (Fsp3) is 0.833. The van der Waals surface area contributed by atoms with Crippen LogP contribution in [-0.4, -0.2) is 54.1 Å². The normalized spacial score (nSPS) is 21.7. The highest BCUT2D eigenvalue weighted by molar-refractivity contribution is 5.74. The van der Waals surface area contributed by atoms with Crippen LogP contribution in [0.2, 0.25) is 0 Å². The Morgan fingerprint density at radius 2 is 2.16 bits per heavy atom. The van der Waals surface area contributed by atoms with E-state index in [2.05, 4.69) is 10.6 Å². The predicted octanol–water partition coefficient (Wildman–Crippen LogP) is -0.0621. The number of nitrogens with one attached hydrogen (secondary N) is 2. The van der Waals surface area contributed by atoms with Crippen molar-refractivity contribution in [1.29, 1.82) is 0 Å². The first kappa shape index (κ1) is 15.7. The zero-order valence-electron chi connectivity index (χ0n) is 11.1. The van der Waals surface area contributed by atoms with Crippen molar-refractivity contribution in [3.05, 3.63) is 0 Å². The van der Waals surface area contributed by atoms with E-state index < -0.39 is 24.0 Å². The molecule has 2 atom stereocenters. The first-order valence-electron chi connectivity index (χ1n) is 6.43. The molecular weight excluding hydrogens is 252 g/mol. The number of carboxylic acid groups (broad SMARTS) is 1. The molecule has 2 unspecified atom stereocenters. The van der Waals surface area contributed by atoms with E-state index in [0.29, 0.717) is 12.5 Å². The van der Waals surface area contributed by atoms with Crippen LogP contribution in [0.4, 0.5) is 4.79 Å². The van der Waals surface area contributed by atoms with Gasteiger partial charge in [0.2, 0.25) is 0 Å². The number of urea groups is 1. The second-order valence-corrected chi connectivity index (χ2v) is 5.20. The highest BCUT2D eigenvalue weighted by atomic mass is 16.5. The predicted molar refractivity (Wildman–Crippen MR) is 67.8 cm³/mol. The third-order valence-electron chi connectivity index (χ3n) is 3.02. The Balaban J connectivity index is 2.11. The van der Waals surface area contributed by atoms with Crippen molar-refractivity contribution in [3.8, 4) is 0 Å². The van der Waals surface area contributed by atoms with Crippen LogP contribution >= 0.6 is 0 Å². The van der Waals surface area contributed by atoms with Crippen LogP contribution in [0.25, 0.3) is 0 Å². The summed E-state index contributed by atoms with van der Waals surface area (Å²) in [6.07, 6.45) is 1.47. The molecule has 0 aromatic carbocycles. The monoisotopic (exact) mass is 274 g/mol. The number of hydrogen-bond donors (Lipinski definition) is 4. The molecule has 0 aromatic rings. The maximum absolute atomic E-state index is 11.4. The minimum Gasteiger partial charge on any atom is -0.481 e. The number of carbonyl (C=O) groups excluding carboxylic acids is 1. The topological polar surface area (TPSA) is 108 Å². The molecule has 2 amide bonds. The zero-order chi connectivity index (χ0) is 14.3. The van der Waals surface area contributed by atoms with Crippen LogP contribution in [-0.2, 0) is 9.53 Å². The molecule has 1 heterocycles. The van der Waals surface area contributed by atoms with Gasteiger partial charge < -0.3 is 25.6 Å². The van der Waals surface area contributed by atoms with E-state index in [0.717, 1.165) is 26.1 Å². The van der Waals surface area contributed by atoms with E-state index >= 15 is 0 Å². The number of carboxylic acids is 1. The summed E-state index contributed by atoms with van der Waals surface area (Å²) in [5, 5.41) is 23.4. The standard InChI is InChI=1S/C12H22N2O5/c1-12(18,6-10(15)16)8-14-11(17)13-4-2-9-3-5-19-7-9/h9,18H,2-8H2,1H3,(H,15,16)(H2,13,14,17). The Kier molecular flexibility index (Phi) is 6.04. The first-order valence-corrected chi connectivity index (χ1v) is 6.43. The lowest BCUT2D eigenvalue weighted by Crippen LogP contribution is -2.46. The minimum atomic E-state index is -1.44. The van der Waals surface area contributed by atoms with Gasteiger partial charge in [-0.05, 0) is 25.7 Å². The van der Waals surface area contributed by atoms with Gasteiger partial charge >= 0.3 is 12.0 Å². The van der Waals surface area contributed by atoms with Gasteiger partial charge in [0, 0.05) is 26.3 Å². The van der Waals surface area contributed by atoms with Crippen molar-refractivity contribution in [2.24, 2.45) is 5.92 Å². The average Bonchev–Trinajstić information content (AvgIpc) is 2.78. The third-order valence-corrected chi connectivity index (χ3v) is 3.02. The van der Waals surface area contributed by atoms with Crippen molar-refractivity contribution in [1.82, 2.24) is 10.6 Å². The second-order valence-electron chi connectivity index (χ2n) is 5.20. The van der Waals surface area contributed by atoms with Crippen LogP contribution in [0.5, 0.6) is 0 Å². The molecule has 110 valence electrons. The molecule has 0 aliphatic carbocycles. The van der Waals surface area contributed by atoms with Crippen LogP contribution in [0.1, 0.15) is 26.2 Å². The molecule has 19 heavy (non-hydrogen) atoms. The van der Waals surface area contributed by atoms with Gasteiger partial charge in [-0.25, -0.2) is 4.79 Å². The second kappa shape index (κ2) is 7.30. The smallest absolute Gasteiger partial charge is 0.314 e. The van der Waals surface area contributed by atoms with E-state index in [1.54, 1.807) is 0 Å². The third kappa shape index (κ3) is 6.97. The quantitative estimate of drug-likeness (QED) is 0.520. The molecular formula is C12H22N2O5. The molecule has 0 spiro atoms. The van der Waals surface area contributed by atoms with E-state index in [1.165, 1.54) is 6.92 Å². The van der Waals surface area contributed by atoms with Crippen LogP contribution in [0.15, 0.2) is 0 Å². The highest BCUT2D eigenvalue weighted by Gasteiger charge is 2.24. The van der Waals surface area contributed by atoms with Gasteiger partial charge in [0.05, 0.1) is 12.0 Å². The molecule has 7 nitrogen and oxygen atoms in total. The number of aliphatic carboxylic acids is 1. The highest BCUT2D eigenvalue weighted by Crippen LogP contribution is 2.15. The molecule has 7 heteroatoms. The Morgan fingerprint density at radius 1 is 1.42 bits per heavy atom. The lowest BCUT2D eigenvalue weighted by atomic mass is 10.0. The number of ether oxygens (including phenoxy) is 1. The van der Waals surface area contributed by atoms with E-state index in [-0.39, 0.29) is 6.54 Å². The molecule has 1 aliphatic heterocycles. The van der Waals surface area contributed by atoms with E-state index in [1.807, 2.05) is 0 Å². The van der Waals surface area contributed by atoms with Crippen molar-refractivity contribution in [2.45, 2.75) is 31.8 Å². The largest absolute Gasteiger partial charge is 0.481 e. The van der Waals surface area contributed by atoms with Crippen LogP contribution < -0.4 is 10.6 Å². The summed E-state index contributed by atoms with van der Waals surface area (Å²) in [4.78, 5) is 21.9. The van der Waals surface area contributed by atoms with Gasteiger partial charge in [0.15, 0.2) is 0 Å². The van der Waals surface area contributed by atoms with Gasteiger partial charge in [-0.15, -0.1) is 0 Å². The lowest BCUT2D eigenvalue weighted by molar-refractivity contribution is -0.141. The van der Waals surface area contributed by atoms with Gasteiger partial charge in [-0.1, -0.05) is 0 Å². The molecule has 1 aliphatic rings. The summed E-state index contributed by atoms with van der Waals surface area (Å²) in [7, 11) is 0. The van der Waals surface area contributed by atoms with Crippen molar-refractivity contribution in [3.63, 3.8) is 0 Å². The van der Waals surface area contributed by atoms with Crippen molar-refractivity contribution < 1.29 is 24.5 Å². The van der Waals surface area contributed by atoms with E-state index in [9.17, 15) is 14.7 Å². The molecule has 1 saturated heterocycles. The summed E-state index contributed by atoms with van der Waals surface area (Å²) in [5.41, 5.74) is -1.44. The number of carbonyl (C=O) groups is 2. The molecule has 1 fully saturated rings. The molecule has 4 N–H and O–H groups in total. The maximum Gasteiger partial charge on any atom is 0.314 e. The summed E-state index contributed by atoms with van der Waals surface area (Å²) in [5.74, 6) is -0.608. The first-order chi connectivity index (χ1) is 8.89. The number of amides is 2.